The quantitative estimate of drug-likeness (QED) is 0.654. The number of hydrogen-bond donors (Lipinski definition) is 2. The lowest BCUT2D eigenvalue weighted by atomic mass is 10.1. The lowest BCUT2D eigenvalue weighted by Gasteiger charge is -2.15. The molecule has 3 aromatic rings. The van der Waals surface area contributed by atoms with E-state index >= 15 is 0 Å². The van der Waals surface area contributed by atoms with Gasteiger partial charge in [-0.05, 0) is 32.0 Å². The maximum Gasteiger partial charge on any atom is 0.242 e. The van der Waals surface area contributed by atoms with Crippen molar-refractivity contribution in [3.8, 4) is 28.7 Å². The van der Waals surface area contributed by atoms with E-state index in [1.807, 2.05) is 30.3 Å². The Bertz CT molecular complexity index is 1040. The molecule has 1 amide bonds. The van der Waals surface area contributed by atoms with Crippen LogP contribution in [-0.2, 0) is 4.79 Å². The van der Waals surface area contributed by atoms with Crippen molar-refractivity contribution in [2.24, 2.45) is 0 Å². The summed E-state index contributed by atoms with van der Waals surface area (Å²) in [6.45, 7) is 1.76. The fourth-order valence-corrected chi connectivity index (χ4v) is 2.56. The highest BCUT2D eigenvalue weighted by Gasteiger charge is 2.18. The molecule has 0 aliphatic heterocycles. The summed E-state index contributed by atoms with van der Waals surface area (Å²) in [5, 5.41) is 5.69. The van der Waals surface area contributed by atoms with Gasteiger partial charge in [-0.25, -0.2) is 15.0 Å². The molecule has 0 aliphatic rings. The first-order valence-electron chi connectivity index (χ1n) is 9.02. The molecule has 1 aromatic carbocycles. The average Bonchev–Trinajstić information content (AvgIpc) is 2.77. The average molecular weight is 387 g/mol. The van der Waals surface area contributed by atoms with Crippen LogP contribution in [-0.4, -0.2) is 41.1 Å². The van der Waals surface area contributed by atoms with Gasteiger partial charge in [0.05, 0.1) is 18.7 Å². The third kappa shape index (κ3) is 4.94. The Morgan fingerprint density at radius 2 is 1.86 bits per heavy atom. The van der Waals surface area contributed by atoms with Crippen molar-refractivity contribution in [2.75, 3.05) is 19.5 Å². The molecule has 7 heteroatoms. The number of methoxy groups -OCH3 is 1. The lowest BCUT2D eigenvalue weighted by molar-refractivity contribution is -0.117. The molecule has 2 heterocycles. The number of benzene rings is 1. The Kier molecular flexibility index (Phi) is 6.51. The van der Waals surface area contributed by atoms with Crippen LogP contribution in [0.1, 0.15) is 18.2 Å². The van der Waals surface area contributed by atoms with Gasteiger partial charge in [-0.2, -0.15) is 0 Å². The fraction of sp³-hybridized carbons (Fsp3) is 0.182. The van der Waals surface area contributed by atoms with Gasteiger partial charge in [0.2, 0.25) is 5.91 Å². The molecule has 2 aromatic heterocycles. The van der Waals surface area contributed by atoms with E-state index in [2.05, 4.69) is 37.4 Å². The normalized spacial score (nSPS) is 11.1. The molecule has 1 unspecified atom stereocenters. The van der Waals surface area contributed by atoms with E-state index < -0.39 is 0 Å². The van der Waals surface area contributed by atoms with Crippen LogP contribution >= 0.6 is 0 Å². The molecular weight excluding hydrogens is 366 g/mol. The smallest absolute Gasteiger partial charge is 0.242 e. The van der Waals surface area contributed by atoms with Crippen molar-refractivity contribution in [1.82, 2.24) is 20.3 Å². The van der Waals surface area contributed by atoms with Gasteiger partial charge in [0.15, 0.2) is 0 Å². The Morgan fingerprint density at radius 3 is 2.52 bits per heavy atom. The number of rotatable bonds is 5. The zero-order chi connectivity index (χ0) is 20.6. The van der Waals surface area contributed by atoms with E-state index in [0.29, 0.717) is 22.8 Å². The molecule has 0 aliphatic carbocycles. The second-order valence-electron chi connectivity index (χ2n) is 6.18. The fourth-order valence-electron chi connectivity index (χ4n) is 2.56. The first-order chi connectivity index (χ1) is 14.1. The number of aromatic nitrogens is 3. The van der Waals surface area contributed by atoms with Crippen molar-refractivity contribution in [1.29, 1.82) is 0 Å². The van der Waals surface area contributed by atoms with Crippen LogP contribution in [0.15, 0.2) is 55.1 Å². The molecule has 0 spiro atoms. The second-order valence-corrected chi connectivity index (χ2v) is 6.18. The molecule has 2 N–H and O–H groups in total. The third-order valence-corrected chi connectivity index (χ3v) is 4.23. The highest BCUT2D eigenvalue weighted by Crippen LogP contribution is 2.33. The van der Waals surface area contributed by atoms with Gasteiger partial charge < -0.3 is 15.4 Å². The summed E-state index contributed by atoms with van der Waals surface area (Å²) in [4.78, 5) is 25.0. The maximum absolute atomic E-state index is 12.3. The van der Waals surface area contributed by atoms with Gasteiger partial charge in [0.25, 0.3) is 0 Å². The molecule has 3 rings (SSSR count). The second kappa shape index (κ2) is 9.44. The number of amides is 1. The highest BCUT2D eigenvalue weighted by atomic mass is 16.5. The summed E-state index contributed by atoms with van der Waals surface area (Å²) in [5.74, 6) is 6.86. The number of ether oxygens (including phenoxy) is 1. The predicted molar refractivity (Wildman–Crippen MR) is 111 cm³/mol. The van der Waals surface area contributed by atoms with Gasteiger partial charge in [-0.15, -0.1) is 0 Å². The monoisotopic (exact) mass is 387 g/mol. The number of hydrogen-bond acceptors (Lipinski definition) is 6. The summed E-state index contributed by atoms with van der Waals surface area (Å²) >= 11 is 0. The summed E-state index contributed by atoms with van der Waals surface area (Å²) < 4.78 is 5.57. The molecule has 0 saturated carbocycles. The zero-order valence-corrected chi connectivity index (χ0v) is 16.4. The number of likely N-dealkylation sites (N-methyl/N-ethyl adjacent to an activating group) is 1. The van der Waals surface area contributed by atoms with Crippen molar-refractivity contribution in [2.45, 2.75) is 13.0 Å². The lowest BCUT2D eigenvalue weighted by Crippen LogP contribution is -2.35. The zero-order valence-electron chi connectivity index (χ0n) is 16.4. The van der Waals surface area contributed by atoms with E-state index in [4.69, 9.17) is 4.74 Å². The van der Waals surface area contributed by atoms with Gasteiger partial charge in [0.1, 0.15) is 23.6 Å². The first kappa shape index (κ1) is 20.0. The standard InChI is InChI=1S/C22H21N5O2/c1-15(23-2)22(28)27-20-11-19(29-3)21(17-12-24-14-25-13-17)18(26-20)10-9-16-7-5-4-6-8-16/h4-8,11-15,23H,1-3H3,(H,26,27,28). The van der Waals surface area contributed by atoms with Crippen molar-refractivity contribution < 1.29 is 9.53 Å². The van der Waals surface area contributed by atoms with Crippen molar-refractivity contribution in [3.63, 3.8) is 0 Å². The highest BCUT2D eigenvalue weighted by molar-refractivity contribution is 5.94. The summed E-state index contributed by atoms with van der Waals surface area (Å²) in [6, 6.07) is 10.9. The largest absolute Gasteiger partial charge is 0.496 e. The Hall–Kier alpha value is -3.76. The van der Waals surface area contributed by atoms with Crippen LogP contribution in [0.5, 0.6) is 5.75 Å². The number of carbonyl (C=O) groups excluding carboxylic acids is 1. The van der Waals surface area contributed by atoms with E-state index in [1.54, 1.807) is 39.5 Å². The van der Waals surface area contributed by atoms with E-state index in [9.17, 15) is 4.79 Å². The molecule has 29 heavy (non-hydrogen) atoms. The number of carbonyl (C=O) groups is 1. The minimum Gasteiger partial charge on any atom is -0.496 e. The number of anilines is 1. The van der Waals surface area contributed by atoms with Crippen LogP contribution in [0.2, 0.25) is 0 Å². The number of nitrogens with zero attached hydrogens (tertiary/aromatic N) is 3. The Morgan fingerprint density at radius 1 is 1.14 bits per heavy atom. The summed E-state index contributed by atoms with van der Waals surface area (Å²) in [6.07, 6.45) is 4.79. The van der Waals surface area contributed by atoms with Crippen molar-refractivity contribution >= 4 is 11.7 Å². The molecule has 0 saturated heterocycles. The molecule has 0 radical (unpaired) electrons. The van der Waals surface area contributed by atoms with Crippen LogP contribution in [0.4, 0.5) is 5.82 Å². The van der Waals surface area contributed by atoms with Crippen LogP contribution < -0.4 is 15.4 Å². The van der Waals surface area contributed by atoms with E-state index in [1.165, 1.54) is 6.33 Å². The minimum absolute atomic E-state index is 0.209. The van der Waals surface area contributed by atoms with Gasteiger partial charge in [0, 0.05) is 29.6 Å². The molecule has 1 atom stereocenters. The van der Waals surface area contributed by atoms with Gasteiger partial charge in [-0.1, -0.05) is 24.1 Å². The van der Waals surface area contributed by atoms with E-state index in [-0.39, 0.29) is 11.9 Å². The Balaban J connectivity index is 2.12. The van der Waals surface area contributed by atoms with Crippen LogP contribution in [0.3, 0.4) is 0 Å². The summed E-state index contributed by atoms with van der Waals surface area (Å²) in [5.41, 5.74) is 2.68. The van der Waals surface area contributed by atoms with Crippen LogP contribution in [0, 0.1) is 11.8 Å². The number of pyridine rings is 1. The molecule has 0 fully saturated rings. The molecule has 0 bridgehead atoms. The first-order valence-corrected chi connectivity index (χ1v) is 9.02. The Labute approximate surface area is 169 Å². The minimum atomic E-state index is -0.371. The van der Waals surface area contributed by atoms with Gasteiger partial charge in [-0.3, -0.25) is 4.79 Å². The van der Waals surface area contributed by atoms with Crippen molar-refractivity contribution in [3.05, 3.63) is 66.4 Å². The maximum atomic E-state index is 12.3. The topological polar surface area (TPSA) is 89.0 Å². The SMILES string of the molecule is CNC(C)C(=O)Nc1cc(OC)c(-c2cncnc2)c(C#Cc2ccccc2)n1. The molecule has 146 valence electrons. The predicted octanol–water partition coefficient (Wildman–Crippen LogP) is 2.49. The molecular formula is C22H21N5O2. The van der Waals surface area contributed by atoms with Gasteiger partial charge >= 0.3 is 0 Å². The number of nitrogens with one attached hydrogen (secondary N) is 2. The molecule has 7 nitrogen and oxygen atoms in total. The third-order valence-electron chi connectivity index (χ3n) is 4.23. The summed E-state index contributed by atoms with van der Waals surface area (Å²) in [7, 11) is 3.27. The van der Waals surface area contributed by atoms with E-state index in [0.717, 1.165) is 11.1 Å². The van der Waals surface area contributed by atoms with Crippen LogP contribution in [0.25, 0.3) is 11.1 Å².